The van der Waals surface area contributed by atoms with E-state index in [1.165, 1.54) is 12.1 Å². The molecule has 0 spiro atoms. The molecule has 1 heterocycles. The number of carboxylic acid groups (broad SMARTS) is 1. The third-order valence-electron chi connectivity index (χ3n) is 3.32. The Bertz CT molecular complexity index is 802. The van der Waals surface area contributed by atoms with Crippen LogP contribution in [0.5, 0.6) is 5.75 Å². The van der Waals surface area contributed by atoms with E-state index in [0.717, 1.165) is 5.56 Å². The summed E-state index contributed by atoms with van der Waals surface area (Å²) in [6.45, 7) is 0. The number of ether oxygens (including phenoxy) is 1. The van der Waals surface area contributed by atoms with Crippen molar-refractivity contribution >= 4 is 5.97 Å². The molecule has 122 valence electrons. The molecule has 2 atom stereocenters. The maximum Gasteiger partial charge on any atom is 0.327 e. The zero-order valence-electron chi connectivity index (χ0n) is 12.4. The fourth-order valence-corrected chi connectivity index (χ4v) is 2.12. The van der Waals surface area contributed by atoms with Crippen molar-refractivity contribution in [1.82, 2.24) is 16.4 Å². The smallest absolute Gasteiger partial charge is 0.327 e. The molecule has 24 heavy (non-hydrogen) atoms. The summed E-state index contributed by atoms with van der Waals surface area (Å²) in [4.78, 5) is 11.0. The number of hydrogen-bond donors (Lipinski definition) is 4. The number of hydrogen-bond acceptors (Lipinski definition) is 5. The van der Waals surface area contributed by atoms with Crippen molar-refractivity contribution < 1.29 is 19.0 Å². The van der Waals surface area contributed by atoms with Gasteiger partial charge in [-0.3, -0.25) is 4.79 Å². The molecule has 1 aliphatic rings. The fraction of sp³-hybridized carbons (Fsp3) is 0.118. The summed E-state index contributed by atoms with van der Waals surface area (Å²) >= 11 is 0. The maximum absolute atomic E-state index is 14.1. The van der Waals surface area contributed by atoms with E-state index in [4.69, 9.17) is 9.84 Å². The van der Waals surface area contributed by atoms with Crippen molar-refractivity contribution in [3.8, 4) is 17.6 Å². The number of carboxylic acids is 1. The van der Waals surface area contributed by atoms with Gasteiger partial charge in [-0.05, 0) is 30.3 Å². The first-order valence-corrected chi connectivity index (χ1v) is 7.15. The Hall–Kier alpha value is -2.92. The Morgan fingerprint density at radius 1 is 1.08 bits per heavy atom. The molecule has 4 N–H and O–H groups in total. The van der Waals surface area contributed by atoms with Crippen LogP contribution in [0.3, 0.4) is 0 Å². The lowest BCUT2D eigenvalue weighted by Crippen LogP contribution is -2.44. The van der Waals surface area contributed by atoms with E-state index >= 15 is 0 Å². The predicted octanol–water partition coefficient (Wildman–Crippen LogP) is 0.996. The van der Waals surface area contributed by atoms with E-state index in [1.807, 2.05) is 30.3 Å². The first kappa shape index (κ1) is 16.0. The monoisotopic (exact) mass is 327 g/mol. The van der Waals surface area contributed by atoms with Crippen molar-refractivity contribution in [2.24, 2.45) is 0 Å². The quantitative estimate of drug-likeness (QED) is 0.630. The zero-order valence-corrected chi connectivity index (χ0v) is 12.4. The average molecular weight is 327 g/mol. The van der Waals surface area contributed by atoms with Crippen LogP contribution in [0, 0.1) is 17.7 Å². The second-order valence-corrected chi connectivity index (χ2v) is 5.03. The van der Waals surface area contributed by atoms with Gasteiger partial charge in [0.25, 0.3) is 0 Å². The number of carbonyl (C=O) groups is 1. The Balaban J connectivity index is 1.73. The number of aliphatic carboxylic acids is 1. The van der Waals surface area contributed by atoms with Crippen LogP contribution in [0.25, 0.3) is 0 Å². The third kappa shape index (κ3) is 3.70. The number of hydrazine groups is 2. The van der Waals surface area contributed by atoms with Crippen LogP contribution >= 0.6 is 0 Å². The molecule has 0 radical (unpaired) electrons. The van der Waals surface area contributed by atoms with Gasteiger partial charge in [-0.1, -0.05) is 30.0 Å². The first-order valence-electron chi connectivity index (χ1n) is 7.15. The van der Waals surface area contributed by atoms with Gasteiger partial charge in [0.05, 0.1) is 0 Å². The van der Waals surface area contributed by atoms with Gasteiger partial charge in [0.15, 0.2) is 23.8 Å². The van der Waals surface area contributed by atoms with Gasteiger partial charge in [0.2, 0.25) is 0 Å². The summed E-state index contributed by atoms with van der Waals surface area (Å²) in [7, 11) is 0. The molecule has 0 aliphatic carbocycles. The number of nitrogens with one attached hydrogen (secondary N) is 3. The molecule has 1 fully saturated rings. The summed E-state index contributed by atoms with van der Waals surface area (Å²) in [5.74, 6) is 4.00. The van der Waals surface area contributed by atoms with Crippen LogP contribution in [0.2, 0.25) is 0 Å². The van der Waals surface area contributed by atoms with Crippen LogP contribution in [0.1, 0.15) is 11.1 Å². The second-order valence-electron chi connectivity index (χ2n) is 5.03. The first-order chi connectivity index (χ1) is 11.6. The number of rotatable bonds is 3. The molecular formula is C17H14FN3O3. The molecule has 0 bridgehead atoms. The minimum Gasteiger partial charge on any atom is -0.480 e. The maximum atomic E-state index is 14.1. The van der Waals surface area contributed by atoms with Crippen molar-refractivity contribution in [1.29, 1.82) is 0 Å². The largest absolute Gasteiger partial charge is 0.480 e. The molecule has 0 aromatic heterocycles. The predicted molar refractivity (Wildman–Crippen MR) is 84.1 cm³/mol. The van der Waals surface area contributed by atoms with E-state index in [0.29, 0.717) is 5.56 Å². The van der Waals surface area contributed by atoms with E-state index < -0.39 is 24.1 Å². The van der Waals surface area contributed by atoms with Crippen molar-refractivity contribution in [3.63, 3.8) is 0 Å². The minimum atomic E-state index is -1.12. The van der Waals surface area contributed by atoms with Crippen LogP contribution in [-0.2, 0) is 4.79 Å². The zero-order chi connectivity index (χ0) is 16.9. The lowest BCUT2D eigenvalue weighted by molar-refractivity contribution is -0.141. The van der Waals surface area contributed by atoms with Gasteiger partial charge in [-0.25, -0.2) is 15.2 Å². The molecule has 1 aliphatic heterocycles. The highest BCUT2D eigenvalue weighted by Crippen LogP contribution is 2.20. The standard InChI is InChI=1S/C17H14FN3O3/c18-13-10-12(7-6-11-4-2-1-3-5-11)8-9-14(13)24-16-15(17(22)23)19-21-20-16/h1-5,8-10,15-16,19-21H,(H,22,23). The number of benzene rings is 2. The Morgan fingerprint density at radius 3 is 2.54 bits per heavy atom. The van der Waals surface area contributed by atoms with Gasteiger partial charge in [-0.2, -0.15) is 5.53 Å². The molecule has 1 saturated heterocycles. The fourth-order valence-electron chi connectivity index (χ4n) is 2.12. The second kappa shape index (κ2) is 7.10. The van der Waals surface area contributed by atoms with Crippen LogP contribution in [-0.4, -0.2) is 23.3 Å². The SMILES string of the molecule is O=C(O)C1NNNC1Oc1ccc(C#Cc2ccccc2)cc1F. The molecule has 6 nitrogen and oxygen atoms in total. The average Bonchev–Trinajstić information content (AvgIpc) is 3.05. The van der Waals surface area contributed by atoms with Crippen LogP contribution < -0.4 is 21.1 Å². The molecule has 2 aromatic rings. The molecular weight excluding hydrogens is 313 g/mol. The third-order valence-corrected chi connectivity index (χ3v) is 3.32. The van der Waals surface area contributed by atoms with Crippen LogP contribution in [0.15, 0.2) is 48.5 Å². The topological polar surface area (TPSA) is 82.6 Å². The summed E-state index contributed by atoms with van der Waals surface area (Å²) in [6, 6.07) is 12.6. The molecule has 7 heteroatoms. The van der Waals surface area contributed by atoms with Crippen molar-refractivity contribution in [2.75, 3.05) is 0 Å². The molecule has 2 unspecified atom stereocenters. The van der Waals surface area contributed by atoms with Gasteiger partial charge in [0, 0.05) is 11.1 Å². The van der Waals surface area contributed by atoms with E-state index in [9.17, 15) is 9.18 Å². The van der Waals surface area contributed by atoms with E-state index in [1.54, 1.807) is 6.07 Å². The van der Waals surface area contributed by atoms with Crippen LogP contribution in [0.4, 0.5) is 4.39 Å². The van der Waals surface area contributed by atoms with E-state index in [2.05, 4.69) is 28.2 Å². The highest BCUT2D eigenvalue weighted by atomic mass is 19.1. The minimum absolute atomic E-state index is 0.0606. The summed E-state index contributed by atoms with van der Waals surface area (Å²) in [5, 5.41) is 9.02. The van der Waals surface area contributed by atoms with Gasteiger partial charge < -0.3 is 9.84 Å². The molecule has 2 aromatic carbocycles. The van der Waals surface area contributed by atoms with Gasteiger partial charge >= 0.3 is 5.97 Å². The highest BCUT2D eigenvalue weighted by Gasteiger charge is 2.34. The van der Waals surface area contributed by atoms with Gasteiger partial charge in [0.1, 0.15) is 0 Å². The lowest BCUT2D eigenvalue weighted by atomic mass is 10.1. The summed E-state index contributed by atoms with van der Waals surface area (Å²) < 4.78 is 19.5. The van der Waals surface area contributed by atoms with Crippen molar-refractivity contribution in [2.45, 2.75) is 12.3 Å². The Morgan fingerprint density at radius 2 is 1.83 bits per heavy atom. The summed E-state index contributed by atoms with van der Waals surface area (Å²) in [6.07, 6.45) is -0.946. The normalized spacial score (nSPS) is 19.4. The lowest BCUT2D eigenvalue weighted by Gasteiger charge is -2.16. The molecule has 0 amide bonds. The van der Waals surface area contributed by atoms with Crippen molar-refractivity contribution in [3.05, 3.63) is 65.5 Å². The Labute approximate surface area is 137 Å². The Kier molecular flexibility index (Phi) is 4.72. The molecule has 0 saturated carbocycles. The van der Waals surface area contributed by atoms with E-state index in [-0.39, 0.29) is 5.75 Å². The summed E-state index contributed by atoms with van der Waals surface area (Å²) in [5.41, 5.74) is 8.80. The molecule has 3 rings (SSSR count). The number of halogens is 1. The highest BCUT2D eigenvalue weighted by molar-refractivity contribution is 5.74. The van der Waals surface area contributed by atoms with Gasteiger partial charge in [-0.15, -0.1) is 0 Å².